The van der Waals surface area contributed by atoms with Crippen LogP contribution < -0.4 is 4.90 Å². The molecule has 6 heteroatoms. The molecule has 0 N–H and O–H groups in total. The van der Waals surface area contributed by atoms with E-state index in [-0.39, 0.29) is 18.4 Å². The quantitative estimate of drug-likeness (QED) is 0.511. The van der Waals surface area contributed by atoms with Crippen molar-refractivity contribution in [2.45, 2.75) is 19.8 Å². The molecule has 0 bridgehead atoms. The van der Waals surface area contributed by atoms with Crippen LogP contribution in [0.25, 0.3) is 6.08 Å². The van der Waals surface area contributed by atoms with Gasteiger partial charge in [-0.1, -0.05) is 78.6 Å². The molecule has 0 radical (unpaired) electrons. The van der Waals surface area contributed by atoms with Crippen LogP contribution in [0.4, 0.5) is 5.69 Å². The molecule has 4 nitrogen and oxygen atoms in total. The highest BCUT2D eigenvalue weighted by Gasteiger charge is 2.35. The Kier molecular flexibility index (Phi) is 6.16. The predicted octanol–water partition coefficient (Wildman–Crippen LogP) is 4.81. The Balaban J connectivity index is 1.49. The van der Waals surface area contributed by atoms with Crippen molar-refractivity contribution in [3.05, 3.63) is 82.3 Å². The largest absolute Gasteiger partial charge is 0.311 e. The van der Waals surface area contributed by atoms with Crippen molar-refractivity contribution in [1.82, 2.24) is 4.90 Å². The third-order valence-corrected chi connectivity index (χ3v) is 6.51. The maximum Gasteiger partial charge on any atom is 0.266 e. The fourth-order valence-corrected chi connectivity index (χ4v) is 5.02. The number of nitrogens with zero attached hydrogens (tertiary/aromatic N) is 2. The van der Waals surface area contributed by atoms with E-state index >= 15 is 0 Å². The Hall–Kier alpha value is -2.70. The zero-order valence-corrected chi connectivity index (χ0v) is 18.3. The molecule has 2 amide bonds. The van der Waals surface area contributed by atoms with Crippen molar-refractivity contribution in [3.8, 4) is 0 Å². The van der Waals surface area contributed by atoms with Crippen LogP contribution in [0.5, 0.6) is 0 Å². The van der Waals surface area contributed by atoms with Gasteiger partial charge in [-0.25, -0.2) is 0 Å². The van der Waals surface area contributed by atoms with Crippen LogP contribution in [0.1, 0.15) is 24.5 Å². The van der Waals surface area contributed by atoms with E-state index in [0.29, 0.717) is 15.8 Å². The molecule has 2 aromatic rings. The molecule has 0 atom stereocenters. The third-order valence-electron chi connectivity index (χ3n) is 5.13. The molecule has 2 aliphatic rings. The van der Waals surface area contributed by atoms with Crippen LogP contribution in [-0.4, -0.2) is 34.1 Å². The topological polar surface area (TPSA) is 40.6 Å². The second-order valence-corrected chi connectivity index (χ2v) is 9.02. The fraction of sp³-hybridized carbons (Fsp3) is 0.208. The van der Waals surface area contributed by atoms with Crippen LogP contribution >= 0.6 is 24.0 Å². The second kappa shape index (κ2) is 8.98. The summed E-state index contributed by atoms with van der Waals surface area (Å²) in [5.41, 5.74) is 4.14. The second-order valence-electron chi connectivity index (χ2n) is 7.34. The smallest absolute Gasteiger partial charge is 0.266 e. The molecule has 30 heavy (non-hydrogen) atoms. The Morgan fingerprint density at radius 2 is 1.87 bits per heavy atom. The number of amides is 2. The molecule has 0 aromatic heterocycles. The molecular formula is C24H22N2O2S2. The van der Waals surface area contributed by atoms with Crippen molar-refractivity contribution in [2.24, 2.45) is 0 Å². The van der Waals surface area contributed by atoms with E-state index in [1.165, 1.54) is 22.2 Å². The molecule has 2 aromatic carbocycles. The van der Waals surface area contributed by atoms with E-state index in [4.69, 9.17) is 12.2 Å². The van der Waals surface area contributed by atoms with Crippen LogP contribution in [-0.2, 0) is 16.0 Å². The number of anilines is 1. The third kappa shape index (κ3) is 4.40. The number of fused-ring (bicyclic) bond motifs is 1. The van der Waals surface area contributed by atoms with Gasteiger partial charge in [0.15, 0.2) is 0 Å². The van der Waals surface area contributed by atoms with Crippen LogP contribution in [0.15, 0.2) is 71.2 Å². The highest BCUT2D eigenvalue weighted by Crippen LogP contribution is 2.33. The first-order valence-corrected chi connectivity index (χ1v) is 11.1. The van der Waals surface area contributed by atoms with Gasteiger partial charge in [0.1, 0.15) is 10.9 Å². The lowest BCUT2D eigenvalue weighted by Gasteiger charge is -2.30. The number of hydrogen-bond acceptors (Lipinski definition) is 4. The first kappa shape index (κ1) is 20.6. The molecule has 0 unspecified atom stereocenters. The molecule has 1 fully saturated rings. The number of thioether (sulfide) groups is 1. The summed E-state index contributed by atoms with van der Waals surface area (Å²) >= 11 is 6.66. The zero-order chi connectivity index (χ0) is 21.1. The summed E-state index contributed by atoms with van der Waals surface area (Å²) in [6.07, 6.45) is 5.75. The lowest BCUT2D eigenvalue weighted by molar-refractivity contribution is -0.127. The van der Waals surface area contributed by atoms with Gasteiger partial charge in [0.05, 0.1) is 4.91 Å². The molecule has 0 aliphatic carbocycles. The lowest BCUT2D eigenvalue weighted by atomic mass is 10.0. The Morgan fingerprint density at radius 1 is 1.13 bits per heavy atom. The van der Waals surface area contributed by atoms with Gasteiger partial charge in [-0.15, -0.1) is 0 Å². The van der Waals surface area contributed by atoms with Crippen molar-refractivity contribution in [3.63, 3.8) is 0 Å². The fourth-order valence-electron chi connectivity index (χ4n) is 3.71. The minimum Gasteiger partial charge on any atom is -0.311 e. The van der Waals surface area contributed by atoms with Gasteiger partial charge < -0.3 is 4.90 Å². The monoisotopic (exact) mass is 434 g/mol. The molecule has 0 spiro atoms. The lowest BCUT2D eigenvalue weighted by Crippen LogP contribution is -2.44. The van der Waals surface area contributed by atoms with Gasteiger partial charge in [0.2, 0.25) is 5.91 Å². The molecular weight excluding hydrogens is 412 g/mol. The number of benzene rings is 2. The van der Waals surface area contributed by atoms with Gasteiger partial charge in [-0.05, 0) is 48.6 Å². The van der Waals surface area contributed by atoms with Gasteiger partial charge in [-0.2, -0.15) is 0 Å². The Morgan fingerprint density at radius 3 is 2.67 bits per heavy atom. The van der Waals surface area contributed by atoms with E-state index in [0.717, 1.165) is 29.7 Å². The van der Waals surface area contributed by atoms with E-state index in [2.05, 4.69) is 6.07 Å². The molecule has 4 rings (SSSR count). The Bertz CT molecular complexity index is 1060. The van der Waals surface area contributed by atoms with Crippen molar-refractivity contribution >= 4 is 51.9 Å². The summed E-state index contributed by atoms with van der Waals surface area (Å²) in [6.45, 7) is 2.59. The van der Waals surface area contributed by atoms with E-state index < -0.39 is 0 Å². The maximum absolute atomic E-state index is 13.0. The molecule has 2 heterocycles. The van der Waals surface area contributed by atoms with Gasteiger partial charge in [0.25, 0.3) is 5.91 Å². The van der Waals surface area contributed by atoms with Crippen LogP contribution in [0.3, 0.4) is 0 Å². The SMILES string of the molecule is CC(/C=C1\SC(=S)N(CC(=O)N2CCCc3ccccc32)C1=O)=C\c1ccccc1. The van der Waals surface area contributed by atoms with E-state index in [1.807, 2.05) is 67.6 Å². The highest BCUT2D eigenvalue weighted by molar-refractivity contribution is 8.26. The summed E-state index contributed by atoms with van der Waals surface area (Å²) in [4.78, 5) is 29.7. The number of rotatable bonds is 4. The van der Waals surface area contributed by atoms with Crippen molar-refractivity contribution in [1.29, 1.82) is 0 Å². The number of para-hydroxylation sites is 1. The zero-order valence-electron chi connectivity index (χ0n) is 16.7. The van der Waals surface area contributed by atoms with Gasteiger partial charge in [0, 0.05) is 12.2 Å². The Labute approximate surface area is 186 Å². The maximum atomic E-state index is 13.0. The molecule has 1 saturated heterocycles. The summed E-state index contributed by atoms with van der Waals surface area (Å²) in [5.74, 6) is -0.305. The summed E-state index contributed by atoms with van der Waals surface area (Å²) < 4.78 is 0.428. The van der Waals surface area contributed by atoms with Crippen LogP contribution in [0, 0.1) is 0 Å². The number of allylic oxidation sites excluding steroid dienone is 2. The van der Waals surface area contributed by atoms with E-state index in [1.54, 1.807) is 4.90 Å². The molecule has 2 aliphatic heterocycles. The van der Waals surface area contributed by atoms with E-state index in [9.17, 15) is 9.59 Å². The average molecular weight is 435 g/mol. The van der Waals surface area contributed by atoms with Gasteiger partial charge >= 0.3 is 0 Å². The highest BCUT2D eigenvalue weighted by atomic mass is 32.2. The van der Waals surface area contributed by atoms with Crippen LogP contribution in [0.2, 0.25) is 0 Å². The predicted molar refractivity (Wildman–Crippen MR) is 127 cm³/mol. The first-order chi connectivity index (χ1) is 14.5. The summed E-state index contributed by atoms with van der Waals surface area (Å²) in [5, 5.41) is 0. The summed E-state index contributed by atoms with van der Waals surface area (Å²) in [6, 6.07) is 17.9. The normalized spacial score (nSPS) is 18.2. The molecule has 152 valence electrons. The van der Waals surface area contributed by atoms with Gasteiger partial charge in [-0.3, -0.25) is 14.5 Å². The number of hydrogen-bond donors (Lipinski definition) is 0. The summed E-state index contributed by atoms with van der Waals surface area (Å²) in [7, 11) is 0. The number of carbonyl (C=O) groups is 2. The number of carbonyl (C=O) groups excluding carboxylic acids is 2. The minimum atomic E-state index is -0.204. The standard InChI is InChI=1S/C24H22N2O2S2/c1-17(14-18-8-3-2-4-9-18)15-21-23(28)26(24(29)30-21)16-22(27)25-13-7-11-19-10-5-6-12-20(19)25/h2-6,8-10,12,14-15H,7,11,13,16H2,1H3/b17-14+,21-15-. The average Bonchev–Trinajstić information content (AvgIpc) is 3.01. The molecule has 0 saturated carbocycles. The number of thiocarbonyl (C=S) groups is 1. The first-order valence-electron chi connectivity index (χ1n) is 9.90. The minimum absolute atomic E-state index is 0.0300. The van der Waals surface area contributed by atoms with Crippen molar-refractivity contribution < 1.29 is 9.59 Å². The number of aryl methyl sites for hydroxylation is 1. The van der Waals surface area contributed by atoms with Crippen molar-refractivity contribution in [2.75, 3.05) is 18.0 Å².